The molecule has 2 N–H and O–H groups in total. The SMILES string of the molecule is Cc1cc(Cl)ccc1OCc1csc(CN)n1. The minimum atomic E-state index is 0.457. The molecule has 0 spiro atoms. The van der Waals surface area contributed by atoms with Crippen LogP contribution < -0.4 is 10.5 Å². The highest BCUT2D eigenvalue weighted by Gasteiger charge is 2.04. The predicted octanol–water partition coefficient (Wildman–Crippen LogP) is 3.14. The lowest BCUT2D eigenvalue weighted by atomic mass is 10.2. The molecule has 1 heterocycles. The molecule has 0 aliphatic rings. The Kier molecular flexibility index (Phi) is 3.99. The first-order chi connectivity index (χ1) is 8.19. The monoisotopic (exact) mass is 268 g/mol. The van der Waals surface area contributed by atoms with Crippen molar-refractivity contribution in [1.82, 2.24) is 4.98 Å². The van der Waals surface area contributed by atoms with Crippen molar-refractivity contribution in [3.63, 3.8) is 0 Å². The highest BCUT2D eigenvalue weighted by molar-refractivity contribution is 7.09. The molecule has 0 saturated carbocycles. The fourth-order valence-electron chi connectivity index (χ4n) is 1.44. The molecule has 17 heavy (non-hydrogen) atoms. The Labute approximate surface area is 109 Å². The van der Waals surface area contributed by atoms with Gasteiger partial charge in [-0.2, -0.15) is 0 Å². The number of ether oxygens (including phenoxy) is 1. The molecule has 0 aliphatic heterocycles. The Morgan fingerprint density at radius 3 is 2.94 bits per heavy atom. The molecule has 2 aromatic rings. The summed E-state index contributed by atoms with van der Waals surface area (Å²) in [6.45, 7) is 2.90. The molecule has 1 aromatic heterocycles. The van der Waals surface area contributed by atoms with E-state index in [0.717, 1.165) is 22.0 Å². The number of benzene rings is 1. The maximum absolute atomic E-state index is 5.88. The third-order valence-electron chi connectivity index (χ3n) is 2.29. The number of nitrogens with two attached hydrogens (primary N) is 1. The van der Waals surface area contributed by atoms with E-state index in [9.17, 15) is 0 Å². The average Bonchev–Trinajstić information content (AvgIpc) is 2.76. The Balaban J connectivity index is 2.02. The number of nitrogens with zero attached hydrogens (tertiary/aromatic N) is 1. The lowest BCUT2D eigenvalue weighted by molar-refractivity contribution is 0.300. The summed E-state index contributed by atoms with van der Waals surface area (Å²) in [7, 11) is 0. The van der Waals surface area contributed by atoms with Gasteiger partial charge in [-0.1, -0.05) is 11.6 Å². The van der Waals surface area contributed by atoms with E-state index in [1.165, 1.54) is 0 Å². The Bertz CT molecular complexity index is 513. The number of rotatable bonds is 4. The molecule has 3 nitrogen and oxygen atoms in total. The van der Waals surface area contributed by atoms with E-state index >= 15 is 0 Å². The van der Waals surface area contributed by atoms with Crippen LogP contribution in [0.3, 0.4) is 0 Å². The lowest BCUT2D eigenvalue weighted by Crippen LogP contribution is -1.99. The number of aryl methyl sites for hydroxylation is 1. The molecule has 5 heteroatoms. The quantitative estimate of drug-likeness (QED) is 0.927. The summed E-state index contributed by atoms with van der Waals surface area (Å²) in [6.07, 6.45) is 0. The number of aromatic nitrogens is 1. The Morgan fingerprint density at radius 2 is 2.29 bits per heavy atom. The molecule has 0 bridgehead atoms. The topological polar surface area (TPSA) is 48.1 Å². The van der Waals surface area contributed by atoms with Gasteiger partial charge in [-0.05, 0) is 30.7 Å². The summed E-state index contributed by atoms with van der Waals surface area (Å²) in [4.78, 5) is 4.33. The number of hydrogen-bond acceptors (Lipinski definition) is 4. The van der Waals surface area contributed by atoms with Crippen LogP contribution in [0.1, 0.15) is 16.3 Å². The zero-order valence-electron chi connectivity index (χ0n) is 9.44. The van der Waals surface area contributed by atoms with Gasteiger partial charge in [-0.15, -0.1) is 11.3 Å². The second-order valence-corrected chi connectivity index (χ2v) is 5.01. The molecular formula is C12H13ClN2OS. The van der Waals surface area contributed by atoms with Gasteiger partial charge in [0.25, 0.3) is 0 Å². The molecule has 0 unspecified atom stereocenters. The fourth-order valence-corrected chi connectivity index (χ4v) is 2.32. The molecular weight excluding hydrogens is 256 g/mol. The lowest BCUT2D eigenvalue weighted by Gasteiger charge is -2.07. The molecule has 0 radical (unpaired) electrons. The minimum absolute atomic E-state index is 0.457. The fraction of sp³-hybridized carbons (Fsp3) is 0.250. The van der Waals surface area contributed by atoms with Crippen molar-refractivity contribution in [2.45, 2.75) is 20.1 Å². The van der Waals surface area contributed by atoms with Gasteiger partial charge in [0.1, 0.15) is 17.4 Å². The Hall–Kier alpha value is -1.10. The summed E-state index contributed by atoms with van der Waals surface area (Å²) in [5.41, 5.74) is 7.43. The van der Waals surface area contributed by atoms with Crippen LogP contribution in [0.4, 0.5) is 0 Å². The largest absolute Gasteiger partial charge is 0.487 e. The van der Waals surface area contributed by atoms with Crippen LogP contribution in [0, 0.1) is 6.92 Å². The van der Waals surface area contributed by atoms with Gasteiger partial charge in [0, 0.05) is 16.9 Å². The molecule has 0 saturated heterocycles. The molecule has 0 fully saturated rings. The van der Waals surface area contributed by atoms with Gasteiger partial charge in [0.05, 0.1) is 5.69 Å². The predicted molar refractivity (Wildman–Crippen MR) is 70.5 cm³/mol. The van der Waals surface area contributed by atoms with Gasteiger partial charge in [0.2, 0.25) is 0 Å². The van der Waals surface area contributed by atoms with Gasteiger partial charge in [0.15, 0.2) is 0 Å². The van der Waals surface area contributed by atoms with E-state index in [0.29, 0.717) is 18.2 Å². The van der Waals surface area contributed by atoms with Crippen molar-refractivity contribution in [2.75, 3.05) is 0 Å². The molecule has 90 valence electrons. The zero-order chi connectivity index (χ0) is 12.3. The minimum Gasteiger partial charge on any atom is -0.487 e. The number of hydrogen-bond donors (Lipinski definition) is 1. The van der Waals surface area contributed by atoms with Crippen molar-refractivity contribution in [2.24, 2.45) is 5.73 Å². The van der Waals surface area contributed by atoms with Crippen molar-refractivity contribution < 1.29 is 4.74 Å². The average molecular weight is 269 g/mol. The van der Waals surface area contributed by atoms with Crippen LogP contribution >= 0.6 is 22.9 Å². The van der Waals surface area contributed by atoms with Crippen molar-refractivity contribution in [3.05, 3.63) is 44.9 Å². The molecule has 1 aromatic carbocycles. The molecule has 0 atom stereocenters. The van der Waals surface area contributed by atoms with Crippen LogP contribution in [0.2, 0.25) is 5.02 Å². The highest BCUT2D eigenvalue weighted by Crippen LogP contribution is 2.22. The van der Waals surface area contributed by atoms with Crippen LogP contribution in [0.15, 0.2) is 23.6 Å². The van der Waals surface area contributed by atoms with Gasteiger partial charge < -0.3 is 10.5 Å². The summed E-state index contributed by atoms with van der Waals surface area (Å²) >= 11 is 7.43. The Morgan fingerprint density at radius 1 is 1.47 bits per heavy atom. The van der Waals surface area contributed by atoms with Gasteiger partial charge in [-0.25, -0.2) is 4.98 Å². The summed E-state index contributed by atoms with van der Waals surface area (Å²) in [6, 6.07) is 5.56. The summed E-state index contributed by atoms with van der Waals surface area (Å²) < 4.78 is 5.68. The van der Waals surface area contributed by atoms with Crippen LogP contribution in [0.5, 0.6) is 5.75 Å². The van der Waals surface area contributed by atoms with Gasteiger partial charge >= 0.3 is 0 Å². The first kappa shape index (κ1) is 12.4. The third-order valence-corrected chi connectivity index (χ3v) is 3.44. The van der Waals surface area contributed by atoms with Crippen molar-refractivity contribution in [1.29, 1.82) is 0 Å². The van der Waals surface area contributed by atoms with Crippen molar-refractivity contribution in [3.8, 4) is 5.75 Å². The maximum atomic E-state index is 5.88. The van der Waals surface area contributed by atoms with Gasteiger partial charge in [-0.3, -0.25) is 0 Å². The van der Waals surface area contributed by atoms with E-state index in [1.807, 2.05) is 30.5 Å². The molecule has 0 aliphatic carbocycles. The molecule has 0 amide bonds. The highest BCUT2D eigenvalue weighted by atomic mass is 35.5. The smallest absolute Gasteiger partial charge is 0.131 e. The first-order valence-electron chi connectivity index (χ1n) is 5.21. The maximum Gasteiger partial charge on any atom is 0.131 e. The normalized spacial score (nSPS) is 10.5. The van der Waals surface area contributed by atoms with Crippen molar-refractivity contribution >= 4 is 22.9 Å². The molecule has 2 rings (SSSR count). The van der Waals surface area contributed by atoms with E-state index < -0.39 is 0 Å². The number of thiazole rings is 1. The summed E-state index contributed by atoms with van der Waals surface area (Å²) in [5.74, 6) is 0.830. The standard InChI is InChI=1S/C12H13ClN2OS/c1-8-4-9(13)2-3-11(8)16-6-10-7-17-12(5-14)15-10/h2-4,7H,5-6,14H2,1H3. The third kappa shape index (κ3) is 3.19. The number of halogens is 1. The summed E-state index contributed by atoms with van der Waals surface area (Å²) in [5, 5.41) is 3.61. The second kappa shape index (κ2) is 5.49. The van der Waals surface area contributed by atoms with Crippen LogP contribution in [0.25, 0.3) is 0 Å². The zero-order valence-corrected chi connectivity index (χ0v) is 11.0. The van der Waals surface area contributed by atoms with E-state index in [4.69, 9.17) is 22.1 Å². The second-order valence-electron chi connectivity index (χ2n) is 3.64. The van der Waals surface area contributed by atoms with E-state index in [1.54, 1.807) is 11.3 Å². The van der Waals surface area contributed by atoms with Crippen LogP contribution in [-0.4, -0.2) is 4.98 Å². The first-order valence-corrected chi connectivity index (χ1v) is 6.47. The van der Waals surface area contributed by atoms with Crippen LogP contribution in [-0.2, 0) is 13.2 Å². The van der Waals surface area contributed by atoms with E-state index in [2.05, 4.69) is 4.98 Å². The van der Waals surface area contributed by atoms with E-state index in [-0.39, 0.29) is 0 Å².